The summed E-state index contributed by atoms with van der Waals surface area (Å²) in [5, 5.41) is 15.0. The van der Waals surface area contributed by atoms with Crippen molar-refractivity contribution in [3.63, 3.8) is 0 Å². The number of nitrogens with one attached hydrogen (secondary N) is 1. The predicted octanol–water partition coefficient (Wildman–Crippen LogP) is 5.23. The molecule has 0 aliphatic rings. The van der Waals surface area contributed by atoms with Gasteiger partial charge in [-0.1, -0.05) is 29.8 Å². The third kappa shape index (κ3) is 2.99. The molecule has 4 nitrogen and oxygen atoms in total. The first-order valence-corrected chi connectivity index (χ1v) is 8.75. The first kappa shape index (κ1) is 16.4. The summed E-state index contributed by atoms with van der Waals surface area (Å²) in [6.07, 6.45) is 1.91. The van der Waals surface area contributed by atoms with E-state index in [1.807, 2.05) is 36.6 Å². The Labute approximate surface area is 149 Å². The lowest BCUT2D eigenvalue weighted by Crippen LogP contribution is -1.99. The highest BCUT2D eigenvalue weighted by atomic mass is 35.5. The molecule has 0 radical (unpaired) electrons. The highest BCUT2D eigenvalue weighted by Crippen LogP contribution is 2.35. The van der Waals surface area contributed by atoms with Gasteiger partial charge in [-0.05, 0) is 30.5 Å². The fraction of sp³-hybridized carbons (Fsp3) is 0.111. The molecule has 0 aliphatic carbocycles. The van der Waals surface area contributed by atoms with E-state index in [1.54, 1.807) is 19.2 Å². The maximum atomic E-state index is 9.62. The quantitative estimate of drug-likeness (QED) is 0.649. The summed E-state index contributed by atoms with van der Waals surface area (Å²) in [5.41, 5.74) is 2.87. The molecule has 0 fully saturated rings. The number of para-hydroxylation sites is 1. The van der Waals surface area contributed by atoms with Crippen LogP contribution in [0.5, 0.6) is 5.75 Å². The van der Waals surface area contributed by atoms with E-state index in [0.717, 1.165) is 22.3 Å². The van der Waals surface area contributed by atoms with Crippen LogP contribution in [-0.4, -0.2) is 18.3 Å². The number of nitriles is 1. The Morgan fingerprint density at radius 1 is 1.25 bits per heavy atom. The monoisotopic (exact) mass is 355 g/mol. The Morgan fingerprint density at radius 2 is 2.04 bits per heavy atom. The van der Waals surface area contributed by atoms with Crippen LogP contribution >= 0.6 is 23.4 Å². The second-order valence-corrected chi connectivity index (χ2v) is 6.18. The third-order valence-corrected chi connectivity index (χ3v) is 4.56. The smallest absolute Gasteiger partial charge is 0.137 e. The summed E-state index contributed by atoms with van der Waals surface area (Å²) < 4.78 is 5.18. The lowest BCUT2D eigenvalue weighted by atomic mass is 10.1. The Bertz CT molecular complexity index is 953. The molecule has 0 saturated carbocycles. The van der Waals surface area contributed by atoms with Gasteiger partial charge < -0.3 is 10.1 Å². The fourth-order valence-corrected chi connectivity index (χ4v) is 3.26. The molecular weight excluding hydrogens is 342 g/mol. The van der Waals surface area contributed by atoms with E-state index in [1.165, 1.54) is 11.8 Å². The number of ether oxygens (including phenoxy) is 1. The molecular formula is C18H14ClN3OS. The van der Waals surface area contributed by atoms with Crippen molar-refractivity contribution >= 4 is 45.6 Å². The lowest BCUT2D eigenvalue weighted by molar-refractivity contribution is 0.415. The van der Waals surface area contributed by atoms with Crippen LogP contribution in [0.3, 0.4) is 0 Å². The Morgan fingerprint density at radius 3 is 2.71 bits per heavy atom. The molecule has 0 spiro atoms. The minimum atomic E-state index is 0.504. The molecule has 2 aromatic carbocycles. The number of benzene rings is 2. The van der Waals surface area contributed by atoms with Crippen molar-refractivity contribution in [3.8, 4) is 11.8 Å². The molecule has 0 amide bonds. The Kier molecular flexibility index (Phi) is 4.79. The number of hydrogen-bond donors (Lipinski definition) is 1. The van der Waals surface area contributed by atoms with E-state index in [4.69, 9.17) is 16.3 Å². The van der Waals surface area contributed by atoms with Crippen LogP contribution in [0, 0.1) is 11.3 Å². The lowest BCUT2D eigenvalue weighted by Gasteiger charge is -2.14. The van der Waals surface area contributed by atoms with Gasteiger partial charge in [0.1, 0.15) is 22.4 Å². The highest BCUT2D eigenvalue weighted by Gasteiger charge is 2.15. The molecule has 24 heavy (non-hydrogen) atoms. The van der Waals surface area contributed by atoms with Gasteiger partial charge in [0.15, 0.2) is 0 Å². The second-order valence-electron chi connectivity index (χ2n) is 4.97. The molecule has 0 aliphatic heterocycles. The Balaban J connectivity index is 2.17. The van der Waals surface area contributed by atoms with Crippen LogP contribution < -0.4 is 10.1 Å². The molecule has 1 aromatic heterocycles. The van der Waals surface area contributed by atoms with Crippen LogP contribution in [-0.2, 0) is 0 Å². The maximum absolute atomic E-state index is 9.62. The van der Waals surface area contributed by atoms with E-state index in [9.17, 15) is 5.26 Å². The van der Waals surface area contributed by atoms with Gasteiger partial charge in [-0.3, -0.25) is 0 Å². The second kappa shape index (κ2) is 7.00. The zero-order valence-corrected chi connectivity index (χ0v) is 14.7. The molecule has 0 unspecified atom stereocenters. The summed E-state index contributed by atoms with van der Waals surface area (Å²) in [6.45, 7) is 0. The van der Waals surface area contributed by atoms with E-state index >= 15 is 0 Å². The number of anilines is 2. The van der Waals surface area contributed by atoms with Crippen LogP contribution in [0.15, 0.2) is 47.5 Å². The molecule has 3 rings (SSSR count). The third-order valence-electron chi connectivity index (χ3n) is 3.59. The van der Waals surface area contributed by atoms with E-state index in [0.29, 0.717) is 21.4 Å². The predicted molar refractivity (Wildman–Crippen MR) is 99.5 cm³/mol. The SMILES string of the molecule is COc1ccc(Nc2c(C#N)c(SC)nc3ccccc23)cc1Cl. The Hall–Kier alpha value is -2.42. The normalized spacial score (nSPS) is 10.4. The average molecular weight is 356 g/mol. The molecule has 1 heterocycles. The zero-order chi connectivity index (χ0) is 17.1. The number of aromatic nitrogens is 1. The van der Waals surface area contributed by atoms with Gasteiger partial charge in [0.25, 0.3) is 0 Å². The van der Waals surface area contributed by atoms with Crippen LogP contribution in [0.2, 0.25) is 5.02 Å². The van der Waals surface area contributed by atoms with Crippen LogP contribution in [0.25, 0.3) is 10.9 Å². The summed E-state index contributed by atoms with van der Waals surface area (Å²) in [6, 6.07) is 15.4. The number of rotatable bonds is 4. The van der Waals surface area contributed by atoms with Gasteiger partial charge in [0, 0.05) is 11.1 Å². The van der Waals surface area contributed by atoms with E-state index in [-0.39, 0.29) is 0 Å². The van der Waals surface area contributed by atoms with Gasteiger partial charge in [-0.2, -0.15) is 5.26 Å². The number of halogens is 1. The molecule has 0 saturated heterocycles. The molecule has 1 N–H and O–H groups in total. The summed E-state index contributed by atoms with van der Waals surface area (Å²) in [4.78, 5) is 4.57. The summed E-state index contributed by atoms with van der Waals surface area (Å²) in [5.74, 6) is 0.604. The molecule has 0 atom stereocenters. The van der Waals surface area contributed by atoms with Crippen LogP contribution in [0.1, 0.15) is 5.56 Å². The molecule has 6 heteroatoms. The first-order chi connectivity index (χ1) is 11.7. The van der Waals surface area contributed by atoms with Crippen molar-refractivity contribution in [2.24, 2.45) is 0 Å². The molecule has 3 aromatic rings. The summed E-state index contributed by atoms with van der Waals surface area (Å²) >= 11 is 7.65. The number of nitrogens with zero attached hydrogens (tertiary/aromatic N) is 2. The number of methoxy groups -OCH3 is 1. The molecule has 0 bridgehead atoms. The van der Waals surface area contributed by atoms with Gasteiger partial charge >= 0.3 is 0 Å². The van der Waals surface area contributed by atoms with Crippen molar-refractivity contribution in [1.29, 1.82) is 5.26 Å². The van der Waals surface area contributed by atoms with Crippen LogP contribution in [0.4, 0.5) is 11.4 Å². The number of fused-ring (bicyclic) bond motifs is 1. The molecule has 120 valence electrons. The van der Waals surface area contributed by atoms with Gasteiger partial charge in [-0.25, -0.2) is 4.98 Å². The minimum Gasteiger partial charge on any atom is -0.495 e. The standard InChI is InChI=1S/C18H14ClN3OS/c1-23-16-8-7-11(9-14(16)19)21-17-12-5-3-4-6-15(12)22-18(24-2)13(17)10-20/h3-9H,1-2H3,(H,21,22). The summed E-state index contributed by atoms with van der Waals surface area (Å²) in [7, 11) is 1.57. The van der Waals surface area contributed by atoms with Crippen molar-refractivity contribution in [3.05, 3.63) is 53.1 Å². The van der Waals surface area contributed by atoms with Crippen molar-refractivity contribution in [1.82, 2.24) is 4.98 Å². The minimum absolute atomic E-state index is 0.504. The van der Waals surface area contributed by atoms with Crippen molar-refractivity contribution in [2.75, 3.05) is 18.7 Å². The van der Waals surface area contributed by atoms with Gasteiger partial charge in [-0.15, -0.1) is 11.8 Å². The van der Waals surface area contributed by atoms with E-state index in [2.05, 4.69) is 16.4 Å². The number of thioether (sulfide) groups is 1. The average Bonchev–Trinajstić information content (AvgIpc) is 2.61. The first-order valence-electron chi connectivity index (χ1n) is 7.15. The topological polar surface area (TPSA) is 57.9 Å². The van der Waals surface area contributed by atoms with Crippen molar-refractivity contribution in [2.45, 2.75) is 5.03 Å². The van der Waals surface area contributed by atoms with Crippen molar-refractivity contribution < 1.29 is 4.74 Å². The maximum Gasteiger partial charge on any atom is 0.137 e. The highest BCUT2D eigenvalue weighted by molar-refractivity contribution is 7.98. The largest absolute Gasteiger partial charge is 0.495 e. The fourth-order valence-electron chi connectivity index (χ4n) is 2.46. The van der Waals surface area contributed by atoms with Gasteiger partial charge in [0.2, 0.25) is 0 Å². The number of pyridine rings is 1. The number of hydrogen-bond acceptors (Lipinski definition) is 5. The zero-order valence-electron chi connectivity index (χ0n) is 13.1. The van der Waals surface area contributed by atoms with E-state index < -0.39 is 0 Å². The van der Waals surface area contributed by atoms with Gasteiger partial charge in [0.05, 0.1) is 23.3 Å².